The standard InChI is InChI=1S/C13H18N6O3S/c1-3-4-9-15-11(22-18-9)7-19(2)12(21)6-5-10(20)16-13-17-14-8-23-13/h8H,3-7H2,1-2H3,(H,16,17,20). The number of carbonyl (C=O) groups excluding carboxylic acids is 2. The first-order valence-electron chi connectivity index (χ1n) is 7.20. The molecule has 0 bridgehead atoms. The molecule has 0 atom stereocenters. The van der Waals surface area contributed by atoms with Gasteiger partial charge in [0.15, 0.2) is 5.82 Å². The van der Waals surface area contributed by atoms with Crippen LogP contribution < -0.4 is 5.32 Å². The first kappa shape index (κ1) is 17.0. The Hall–Kier alpha value is -2.36. The third-order valence-electron chi connectivity index (χ3n) is 2.95. The lowest BCUT2D eigenvalue weighted by atomic mass is 10.2. The molecule has 0 aliphatic heterocycles. The summed E-state index contributed by atoms with van der Waals surface area (Å²) in [6.45, 7) is 2.26. The van der Waals surface area contributed by atoms with Gasteiger partial charge in [-0.2, -0.15) is 4.98 Å². The first-order valence-corrected chi connectivity index (χ1v) is 8.08. The van der Waals surface area contributed by atoms with E-state index in [0.717, 1.165) is 12.8 Å². The van der Waals surface area contributed by atoms with Crippen LogP contribution in [0.5, 0.6) is 0 Å². The molecule has 10 heteroatoms. The fraction of sp³-hybridized carbons (Fsp3) is 0.538. The van der Waals surface area contributed by atoms with Gasteiger partial charge in [-0.1, -0.05) is 23.4 Å². The van der Waals surface area contributed by atoms with E-state index in [1.165, 1.54) is 21.7 Å². The highest BCUT2D eigenvalue weighted by Gasteiger charge is 2.15. The number of rotatable bonds is 8. The van der Waals surface area contributed by atoms with E-state index in [-0.39, 0.29) is 31.2 Å². The van der Waals surface area contributed by atoms with E-state index in [0.29, 0.717) is 16.8 Å². The highest BCUT2D eigenvalue weighted by molar-refractivity contribution is 7.13. The van der Waals surface area contributed by atoms with Gasteiger partial charge >= 0.3 is 0 Å². The Morgan fingerprint density at radius 3 is 2.91 bits per heavy atom. The fourth-order valence-corrected chi connectivity index (χ4v) is 2.25. The Labute approximate surface area is 137 Å². The molecule has 0 aromatic carbocycles. The van der Waals surface area contributed by atoms with Crippen LogP contribution in [0.3, 0.4) is 0 Å². The SMILES string of the molecule is CCCc1noc(CN(C)C(=O)CCC(=O)Nc2nncs2)n1. The molecule has 1 N–H and O–H groups in total. The summed E-state index contributed by atoms with van der Waals surface area (Å²) in [6.07, 6.45) is 1.84. The zero-order chi connectivity index (χ0) is 16.7. The fourth-order valence-electron chi connectivity index (χ4n) is 1.79. The number of carbonyl (C=O) groups is 2. The van der Waals surface area contributed by atoms with Crippen LogP contribution in [0.4, 0.5) is 5.13 Å². The average molecular weight is 338 g/mol. The molecule has 2 aromatic heterocycles. The molecule has 2 rings (SSSR count). The number of anilines is 1. The van der Waals surface area contributed by atoms with E-state index in [2.05, 4.69) is 25.7 Å². The molecule has 2 aromatic rings. The summed E-state index contributed by atoms with van der Waals surface area (Å²) in [7, 11) is 1.63. The smallest absolute Gasteiger partial charge is 0.246 e. The van der Waals surface area contributed by atoms with Crippen molar-refractivity contribution in [3.8, 4) is 0 Å². The second-order valence-corrected chi connectivity index (χ2v) is 5.73. The van der Waals surface area contributed by atoms with Crippen LogP contribution in [-0.4, -0.2) is 44.1 Å². The lowest BCUT2D eigenvalue weighted by molar-refractivity contribution is -0.132. The minimum atomic E-state index is -0.272. The molecular formula is C13H18N6O3S. The maximum absolute atomic E-state index is 12.0. The zero-order valence-electron chi connectivity index (χ0n) is 13.0. The van der Waals surface area contributed by atoms with E-state index >= 15 is 0 Å². The van der Waals surface area contributed by atoms with Gasteiger partial charge in [0, 0.05) is 26.3 Å². The molecule has 23 heavy (non-hydrogen) atoms. The van der Waals surface area contributed by atoms with Crippen LogP contribution in [0.2, 0.25) is 0 Å². The van der Waals surface area contributed by atoms with Gasteiger partial charge in [0.1, 0.15) is 5.51 Å². The van der Waals surface area contributed by atoms with E-state index in [9.17, 15) is 9.59 Å². The number of aryl methyl sites for hydroxylation is 1. The van der Waals surface area contributed by atoms with Crippen LogP contribution in [0.1, 0.15) is 37.9 Å². The number of hydrogen-bond donors (Lipinski definition) is 1. The zero-order valence-corrected chi connectivity index (χ0v) is 13.8. The molecule has 124 valence electrons. The highest BCUT2D eigenvalue weighted by Crippen LogP contribution is 2.09. The minimum absolute atomic E-state index is 0.0771. The van der Waals surface area contributed by atoms with Crippen molar-refractivity contribution in [2.75, 3.05) is 12.4 Å². The van der Waals surface area contributed by atoms with Gasteiger partial charge in [0.2, 0.25) is 22.8 Å². The molecule has 0 radical (unpaired) electrons. The molecule has 9 nitrogen and oxygen atoms in total. The maximum atomic E-state index is 12.0. The Bertz CT molecular complexity index is 642. The van der Waals surface area contributed by atoms with E-state index in [1.807, 2.05) is 6.92 Å². The largest absolute Gasteiger partial charge is 0.337 e. The third kappa shape index (κ3) is 5.40. The monoisotopic (exact) mass is 338 g/mol. The van der Waals surface area contributed by atoms with Gasteiger partial charge in [0.05, 0.1) is 6.54 Å². The number of aromatic nitrogens is 4. The number of hydrogen-bond acceptors (Lipinski definition) is 8. The lowest BCUT2D eigenvalue weighted by Gasteiger charge is -2.14. The van der Waals surface area contributed by atoms with Crippen molar-refractivity contribution >= 4 is 28.3 Å². The van der Waals surface area contributed by atoms with Crippen molar-refractivity contribution in [3.05, 3.63) is 17.2 Å². The molecule has 2 heterocycles. The summed E-state index contributed by atoms with van der Waals surface area (Å²) < 4.78 is 5.09. The number of nitrogens with zero attached hydrogens (tertiary/aromatic N) is 5. The van der Waals surface area contributed by atoms with Crippen LogP contribution in [0.25, 0.3) is 0 Å². The molecular weight excluding hydrogens is 320 g/mol. The number of amides is 2. The van der Waals surface area contributed by atoms with Crippen molar-refractivity contribution in [3.63, 3.8) is 0 Å². The van der Waals surface area contributed by atoms with Gasteiger partial charge in [-0.15, -0.1) is 10.2 Å². The van der Waals surface area contributed by atoms with Gasteiger partial charge in [-0.25, -0.2) is 0 Å². The molecule has 0 spiro atoms. The van der Waals surface area contributed by atoms with Crippen LogP contribution in [-0.2, 0) is 22.6 Å². The quantitative estimate of drug-likeness (QED) is 0.770. The molecule has 0 saturated heterocycles. The van der Waals surface area contributed by atoms with E-state index in [1.54, 1.807) is 7.05 Å². The van der Waals surface area contributed by atoms with Gasteiger partial charge in [-0.3, -0.25) is 9.59 Å². The van der Waals surface area contributed by atoms with Crippen molar-refractivity contribution in [2.45, 2.75) is 39.2 Å². The van der Waals surface area contributed by atoms with Crippen LogP contribution >= 0.6 is 11.3 Å². The van der Waals surface area contributed by atoms with Gasteiger partial charge in [0.25, 0.3) is 0 Å². The second kappa shape index (κ2) is 8.32. The first-order chi connectivity index (χ1) is 11.1. The Morgan fingerprint density at radius 1 is 1.39 bits per heavy atom. The Morgan fingerprint density at radius 2 is 2.22 bits per heavy atom. The third-order valence-corrected chi connectivity index (χ3v) is 3.56. The predicted molar refractivity (Wildman–Crippen MR) is 82.5 cm³/mol. The van der Waals surface area contributed by atoms with E-state index < -0.39 is 0 Å². The normalized spacial score (nSPS) is 10.5. The lowest BCUT2D eigenvalue weighted by Crippen LogP contribution is -2.27. The molecule has 2 amide bonds. The maximum Gasteiger partial charge on any atom is 0.246 e. The van der Waals surface area contributed by atoms with E-state index in [4.69, 9.17) is 4.52 Å². The van der Waals surface area contributed by atoms with Crippen molar-refractivity contribution in [1.29, 1.82) is 0 Å². The van der Waals surface area contributed by atoms with Crippen molar-refractivity contribution in [1.82, 2.24) is 25.2 Å². The van der Waals surface area contributed by atoms with Crippen LogP contribution in [0.15, 0.2) is 10.0 Å². The molecule has 0 fully saturated rings. The average Bonchev–Trinajstić information content (AvgIpc) is 3.17. The Kier molecular flexibility index (Phi) is 6.15. The summed E-state index contributed by atoms with van der Waals surface area (Å²) in [4.78, 5) is 29.4. The van der Waals surface area contributed by atoms with Crippen molar-refractivity contribution < 1.29 is 14.1 Å². The summed E-state index contributed by atoms with van der Waals surface area (Å²) >= 11 is 1.22. The second-order valence-electron chi connectivity index (χ2n) is 4.90. The summed E-state index contributed by atoms with van der Waals surface area (Å²) in [5.74, 6) is 0.585. The molecule has 0 unspecified atom stereocenters. The Balaban J connectivity index is 1.74. The summed E-state index contributed by atoms with van der Waals surface area (Å²) in [5, 5.41) is 14.2. The summed E-state index contributed by atoms with van der Waals surface area (Å²) in [5.41, 5.74) is 1.52. The topological polar surface area (TPSA) is 114 Å². The van der Waals surface area contributed by atoms with Gasteiger partial charge < -0.3 is 14.7 Å². The van der Waals surface area contributed by atoms with Gasteiger partial charge in [-0.05, 0) is 6.42 Å². The number of nitrogens with one attached hydrogen (secondary N) is 1. The van der Waals surface area contributed by atoms with Crippen LogP contribution in [0, 0.1) is 0 Å². The summed E-state index contributed by atoms with van der Waals surface area (Å²) in [6, 6.07) is 0. The molecule has 0 saturated carbocycles. The molecule has 0 aliphatic rings. The van der Waals surface area contributed by atoms with Crippen molar-refractivity contribution in [2.24, 2.45) is 0 Å². The highest BCUT2D eigenvalue weighted by atomic mass is 32.1. The minimum Gasteiger partial charge on any atom is -0.337 e. The predicted octanol–water partition coefficient (Wildman–Crippen LogP) is 1.25. The molecule has 0 aliphatic carbocycles.